The van der Waals surface area contributed by atoms with Crippen molar-refractivity contribution in [2.75, 3.05) is 12.8 Å². The van der Waals surface area contributed by atoms with E-state index in [2.05, 4.69) is 11.6 Å². The van der Waals surface area contributed by atoms with Crippen LogP contribution in [0, 0.1) is 0 Å². The van der Waals surface area contributed by atoms with E-state index in [1.54, 1.807) is 11.8 Å². The van der Waals surface area contributed by atoms with Crippen LogP contribution in [0.2, 0.25) is 0 Å². The third-order valence-electron chi connectivity index (χ3n) is 2.96. The van der Waals surface area contributed by atoms with Crippen LogP contribution in [0.5, 0.6) is 0 Å². The summed E-state index contributed by atoms with van der Waals surface area (Å²) in [5.74, 6) is -0.682. The molecule has 1 saturated carbocycles. The summed E-state index contributed by atoms with van der Waals surface area (Å²) in [5, 5.41) is 12.9. The summed E-state index contributed by atoms with van der Waals surface area (Å²) in [4.78, 5) is 11.3. The van der Waals surface area contributed by atoms with E-state index in [0.717, 1.165) is 32.2 Å². The minimum atomic E-state index is -0.682. The van der Waals surface area contributed by atoms with Crippen molar-refractivity contribution in [2.45, 2.75) is 43.4 Å². The molecule has 0 saturated heterocycles. The van der Waals surface area contributed by atoms with Gasteiger partial charge in [-0.05, 0) is 38.5 Å². The zero-order valence-electron chi connectivity index (χ0n) is 8.88. The fourth-order valence-electron chi connectivity index (χ4n) is 2.19. The minimum absolute atomic E-state index is 0.499. The summed E-state index contributed by atoms with van der Waals surface area (Å²) < 4.78 is 0. The van der Waals surface area contributed by atoms with Crippen LogP contribution in [0.3, 0.4) is 0 Å². The molecule has 14 heavy (non-hydrogen) atoms. The number of hydrogen-bond donors (Lipinski definition) is 2. The van der Waals surface area contributed by atoms with Crippen molar-refractivity contribution >= 4 is 17.7 Å². The predicted octanol–water partition coefficient (Wildman–Crippen LogP) is 1.72. The van der Waals surface area contributed by atoms with E-state index in [-0.39, 0.29) is 0 Å². The molecule has 82 valence electrons. The number of aliphatic carboxylic acids is 1. The predicted molar refractivity (Wildman–Crippen MR) is 59.8 cm³/mol. The molecule has 0 amide bonds. The number of nitrogens with one attached hydrogen (secondary N) is 1. The quantitative estimate of drug-likeness (QED) is 0.753. The van der Waals surface area contributed by atoms with Crippen LogP contribution >= 0.6 is 11.8 Å². The first-order chi connectivity index (χ1) is 6.64. The lowest BCUT2D eigenvalue weighted by Crippen LogP contribution is -2.55. The van der Waals surface area contributed by atoms with E-state index < -0.39 is 11.5 Å². The zero-order valence-corrected chi connectivity index (χ0v) is 9.69. The summed E-state index contributed by atoms with van der Waals surface area (Å²) >= 11 is 1.79. The highest BCUT2D eigenvalue weighted by atomic mass is 32.2. The van der Waals surface area contributed by atoms with Crippen LogP contribution in [0.1, 0.15) is 32.6 Å². The number of carboxylic acids is 1. The Kier molecular flexibility index (Phi) is 4.26. The molecule has 2 unspecified atom stereocenters. The normalized spacial score (nSPS) is 32.9. The summed E-state index contributed by atoms with van der Waals surface area (Å²) in [6.07, 6.45) is 5.77. The molecule has 0 radical (unpaired) electrons. The Morgan fingerprint density at radius 1 is 1.71 bits per heavy atom. The number of carbonyl (C=O) groups is 1. The van der Waals surface area contributed by atoms with Gasteiger partial charge in [0.25, 0.3) is 0 Å². The van der Waals surface area contributed by atoms with Gasteiger partial charge < -0.3 is 10.4 Å². The molecule has 0 aromatic carbocycles. The van der Waals surface area contributed by atoms with Crippen LogP contribution in [0.15, 0.2) is 0 Å². The fraction of sp³-hybridized carbons (Fsp3) is 0.900. The van der Waals surface area contributed by atoms with Gasteiger partial charge in [-0.25, -0.2) is 0 Å². The van der Waals surface area contributed by atoms with Gasteiger partial charge in [0, 0.05) is 5.25 Å². The molecule has 3 nitrogen and oxygen atoms in total. The molecule has 0 heterocycles. The third-order valence-corrected chi connectivity index (χ3v) is 4.03. The second kappa shape index (κ2) is 5.03. The lowest BCUT2D eigenvalue weighted by atomic mass is 9.81. The smallest absolute Gasteiger partial charge is 0.323 e. The number of carboxylic acid groups (broad SMARTS) is 1. The SMILES string of the molecule is CCNC1(C(=O)O)CCCC(SC)C1. The summed E-state index contributed by atoms with van der Waals surface area (Å²) in [6.45, 7) is 2.70. The van der Waals surface area contributed by atoms with Gasteiger partial charge in [0.2, 0.25) is 0 Å². The Hall–Kier alpha value is -0.220. The Balaban J connectivity index is 2.70. The maximum absolute atomic E-state index is 11.3. The molecule has 0 aromatic rings. The van der Waals surface area contributed by atoms with Gasteiger partial charge in [0.1, 0.15) is 5.54 Å². The summed E-state index contributed by atoms with van der Waals surface area (Å²) in [6, 6.07) is 0. The molecular formula is C10H19NO2S. The van der Waals surface area contributed by atoms with E-state index in [9.17, 15) is 9.90 Å². The first-order valence-electron chi connectivity index (χ1n) is 5.16. The average Bonchev–Trinajstić information content (AvgIpc) is 2.18. The molecule has 2 atom stereocenters. The Morgan fingerprint density at radius 2 is 2.43 bits per heavy atom. The first kappa shape index (κ1) is 11.9. The molecule has 2 N–H and O–H groups in total. The largest absolute Gasteiger partial charge is 0.480 e. The second-order valence-corrected chi connectivity index (χ2v) is 5.01. The van der Waals surface area contributed by atoms with Crippen molar-refractivity contribution in [3.05, 3.63) is 0 Å². The van der Waals surface area contributed by atoms with Gasteiger partial charge in [-0.1, -0.05) is 6.92 Å². The van der Waals surface area contributed by atoms with E-state index in [1.165, 1.54) is 0 Å². The first-order valence-corrected chi connectivity index (χ1v) is 6.44. The van der Waals surface area contributed by atoms with Crippen LogP contribution in [0.4, 0.5) is 0 Å². The molecule has 0 spiro atoms. The van der Waals surface area contributed by atoms with Crippen molar-refractivity contribution < 1.29 is 9.90 Å². The molecular weight excluding hydrogens is 198 g/mol. The highest BCUT2D eigenvalue weighted by Gasteiger charge is 2.41. The van der Waals surface area contributed by atoms with Crippen molar-refractivity contribution in [3.63, 3.8) is 0 Å². The molecule has 1 aliphatic carbocycles. The number of hydrogen-bond acceptors (Lipinski definition) is 3. The van der Waals surface area contributed by atoms with Gasteiger partial charge >= 0.3 is 5.97 Å². The highest BCUT2D eigenvalue weighted by Crippen LogP contribution is 2.34. The molecule has 0 bridgehead atoms. The monoisotopic (exact) mass is 217 g/mol. The van der Waals surface area contributed by atoms with Gasteiger partial charge in [-0.15, -0.1) is 0 Å². The van der Waals surface area contributed by atoms with Crippen LogP contribution in [-0.2, 0) is 4.79 Å². The van der Waals surface area contributed by atoms with E-state index in [0.29, 0.717) is 5.25 Å². The molecule has 0 aromatic heterocycles. The maximum Gasteiger partial charge on any atom is 0.323 e. The van der Waals surface area contributed by atoms with Crippen molar-refractivity contribution in [1.82, 2.24) is 5.32 Å². The number of thioether (sulfide) groups is 1. The van der Waals surface area contributed by atoms with Crippen molar-refractivity contribution in [1.29, 1.82) is 0 Å². The molecule has 1 aliphatic rings. The molecule has 1 fully saturated rings. The molecule has 4 heteroatoms. The Bertz CT molecular complexity index is 206. The van der Waals surface area contributed by atoms with Crippen molar-refractivity contribution in [3.8, 4) is 0 Å². The van der Waals surface area contributed by atoms with E-state index in [4.69, 9.17) is 0 Å². The van der Waals surface area contributed by atoms with Gasteiger partial charge in [-0.2, -0.15) is 11.8 Å². The van der Waals surface area contributed by atoms with Gasteiger partial charge in [-0.3, -0.25) is 4.79 Å². The Morgan fingerprint density at radius 3 is 2.93 bits per heavy atom. The van der Waals surface area contributed by atoms with Crippen LogP contribution < -0.4 is 5.32 Å². The standard InChI is InChI=1S/C10H19NO2S/c1-3-11-10(9(12)13)6-4-5-8(7-10)14-2/h8,11H,3-7H2,1-2H3,(H,12,13). The average molecular weight is 217 g/mol. The Labute approximate surface area is 89.6 Å². The zero-order chi connectivity index (χ0) is 10.6. The fourth-order valence-corrected chi connectivity index (χ4v) is 3.05. The van der Waals surface area contributed by atoms with E-state index in [1.807, 2.05) is 6.92 Å². The van der Waals surface area contributed by atoms with Crippen LogP contribution in [-0.4, -0.2) is 34.7 Å². The van der Waals surface area contributed by atoms with Crippen molar-refractivity contribution in [2.24, 2.45) is 0 Å². The lowest BCUT2D eigenvalue weighted by Gasteiger charge is -2.37. The summed E-state index contributed by atoms with van der Waals surface area (Å²) in [7, 11) is 0. The lowest BCUT2D eigenvalue weighted by molar-refractivity contribution is -0.146. The van der Waals surface area contributed by atoms with Gasteiger partial charge in [0.15, 0.2) is 0 Å². The van der Waals surface area contributed by atoms with Gasteiger partial charge in [0.05, 0.1) is 0 Å². The second-order valence-electron chi connectivity index (χ2n) is 3.87. The molecule has 0 aliphatic heterocycles. The van der Waals surface area contributed by atoms with Crippen LogP contribution in [0.25, 0.3) is 0 Å². The molecule has 1 rings (SSSR count). The maximum atomic E-state index is 11.3. The third kappa shape index (κ3) is 2.42. The number of likely N-dealkylation sites (N-methyl/N-ethyl adjacent to an activating group) is 1. The summed E-state index contributed by atoms with van der Waals surface area (Å²) in [5.41, 5.74) is -0.652. The van der Waals surface area contributed by atoms with E-state index >= 15 is 0 Å². The highest BCUT2D eigenvalue weighted by molar-refractivity contribution is 7.99. The number of rotatable bonds is 4. The topological polar surface area (TPSA) is 49.3 Å². The minimum Gasteiger partial charge on any atom is -0.480 e.